The van der Waals surface area contributed by atoms with Gasteiger partial charge in [-0.2, -0.15) is 4.98 Å². The van der Waals surface area contributed by atoms with E-state index in [1.165, 1.54) is 11.3 Å². The summed E-state index contributed by atoms with van der Waals surface area (Å²) in [6.45, 7) is 6.13. The third-order valence-electron chi connectivity index (χ3n) is 3.08. The predicted octanol–water partition coefficient (Wildman–Crippen LogP) is 1.44. The zero-order valence-electron chi connectivity index (χ0n) is 11.9. The molecule has 1 N–H and O–H groups in total. The molecular weight excluding hydrogens is 288 g/mol. The Bertz CT molecular complexity index is 821. The zero-order valence-corrected chi connectivity index (χ0v) is 12.7. The molecule has 0 atom stereocenters. The van der Waals surface area contributed by atoms with Crippen molar-refractivity contribution in [2.45, 2.75) is 27.3 Å². The number of amides is 1. The maximum Gasteiger partial charge on any atom is 0.291 e. The monoisotopic (exact) mass is 302 g/mol. The van der Waals surface area contributed by atoms with Gasteiger partial charge in [0.2, 0.25) is 5.82 Å². The maximum absolute atomic E-state index is 12.1. The van der Waals surface area contributed by atoms with E-state index in [-0.39, 0.29) is 11.7 Å². The van der Waals surface area contributed by atoms with Crippen LogP contribution < -0.4 is 5.32 Å². The van der Waals surface area contributed by atoms with Crippen LogP contribution in [0.2, 0.25) is 0 Å². The number of fused-ring (bicyclic) bond motifs is 1. The minimum absolute atomic E-state index is 0.123. The van der Waals surface area contributed by atoms with E-state index in [0.717, 1.165) is 22.0 Å². The van der Waals surface area contributed by atoms with Gasteiger partial charge in [0.05, 0.1) is 17.7 Å². The molecule has 108 valence electrons. The van der Waals surface area contributed by atoms with Crippen molar-refractivity contribution in [2.75, 3.05) is 0 Å². The van der Waals surface area contributed by atoms with Gasteiger partial charge in [-0.05, 0) is 26.8 Å². The van der Waals surface area contributed by atoms with Crippen molar-refractivity contribution in [2.24, 2.45) is 0 Å². The summed E-state index contributed by atoms with van der Waals surface area (Å²) in [5.74, 6) is 0.246. The Morgan fingerprint density at radius 1 is 1.33 bits per heavy atom. The highest BCUT2D eigenvalue weighted by molar-refractivity contribution is 7.09. The second-order valence-corrected chi connectivity index (χ2v) is 5.67. The van der Waals surface area contributed by atoms with Crippen LogP contribution in [0, 0.1) is 20.8 Å². The molecule has 3 aromatic heterocycles. The highest BCUT2D eigenvalue weighted by atomic mass is 32.1. The summed E-state index contributed by atoms with van der Waals surface area (Å²) in [6, 6.07) is 1.89. The molecule has 21 heavy (non-hydrogen) atoms. The van der Waals surface area contributed by atoms with Gasteiger partial charge >= 0.3 is 0 Å². The van der Waals surface area contributed by atoms with E-state index in [1.807, 2.05) is 26.8 Å². The highest BCUT2D eigenvalue weighted by Crippen LogP contribution is 2.11. The average molecular weight is 302 g/mol. The van der Waals surface area contributed by atoms with Crippen LogP contribution in [-0.2, 0) is 6.54 Å². The quantitative estimate of drug-likeness (QED) is 0.791. The topological polar surface area (TPSA) is 85.1 Å². The van der Waals surface area contributed by atoms with Gasteiger partial charge in [0, 0.05) is 16.3 Å². The fourth-order valence-corrected chi connectivity index (χ4v) is 2.71. The lowest BCUT2D eigenvalue weighted by Crippen LogP contribution is -2.24. The minimum atomic E-state index is -0.314. The lowest BCUT2D eigenvalue weighted by Gasteiger charge is -2.00. The van der Waals surface area contributed by atoms with Crippen LogP contribution in [0.5, 0.6) is 0 Å². The summed E-state index contributed by atoms with van der Waals surface area (Å²) >= 11 is 1.51. The van der Waals surface area contributed by atoms with Crippen LogP contribution in [0.15, 0.2) is 11.6 Å². The first-order valence-electron chi connectivity index (χ1n) is 6.43. The van der Waals surface area contributed by atoms with Gasteiger partial charge in [-0.25, -0.2) is 14.5 Å². The van der Waals surface area contributed by atoms with Gasteiger partial charge in [-0.1, -0.05) is 0 Å². The summed E-state index contributed by atoms with van der Waals surface area (Å²) in [5.41, 5.74) is 4.43. The number of aryl methyl sites for hydroxylation is 3. The Morgan fingerprint density at radius 2 is 2.14 bits per heavy atom. The van der Waals surface area contributed by atoms with Gasteiger partial charge in [0.15, 0.2) is 0 Å². The van der Waals surface area contributed by atoms with Crippen molar-refractivity contribution in [1.82, 2.24) is 29.9 Å². The predicted molar refractivity (Wildman–Crippen MR) is 78.3 cm³/mol. The van der Waals surface area contributed by atoms with E-state index in [2.05, 4.69) is 25.4 Å². The van der Waals surface area contributed by atoms with Gasteiger partial charge in [0.1, 0.15) is 0 Å². The molecular formula is C13H14N6OS. The zero-order chi connectivity index (χ0) is 15.0. The fraction of sp³-hybridized carbons (Fsp3) is 0.308. The van der Waals surface area contributed by atoms with Crippen molar-refractivity contribution in [3.8, 4) is 0 Å². The van der Waals surface area contributed by atoms with Gasteiger partial charge < -0.3 is 5.32 Å². The van der Waals surface area contributed by atoms with Crippen LogP contribution in [0.1, 0.15) is 32.6 Å². The lowest BCUT2D eigenvalue weighted by atomic mass is 10.4. The van der Waals surface area contributed by atoms with Crippen LogP contribution >= 0.6 is 11.3 Å². The van der Waals surface area contributed by atoms with Gasteiger partial charge in [-0.3, -0.25) is 4.79 Å². The summed E-state index contributed by atoms with van der Waals surface area (Å²) < 4.78 is 1.57. The Labute approximate surface area is 125 Å². The molecule has 0 aromatic carbocycles. The number of hydrogen-bond donors (Lipinski definition) is 1. The third-order valence-corrected chi connectivity index (χ3v) is 4.01. The Hall–Kier alpha value is -2.35. The molecule has 0 bridgehead atoms. The first kappa shape index (κ1) is 13.6. The number of aromatic nitrogens is 5. The number of nitrogens with one attached hydrogen (secondary N) is 1. The Kier molecular flexibility index (Phi) is 3.38. The summed E-state index contributed by atoms with van der Waals surface area (Å²) in [5, 5.41) is 7.00. The molecule has 3 rings (SSSR count). The molecule has 0 fully saturated rings. The average Bonchev–Trinajstić information content (AvgIpc) is 3.02. The largest absolute Gasteiger partial charge is 0.344 e. The van der Waals surface area contributed by atoms with E-state index in [4.69, 9.17) is 0 Å². The molecule has 0 spiro atoms. The lowest BCUT2D eigenvalue weighted by molar-refractivity contribution is 0.0941. The fourth-order valence-electron chi connectivity index (χ4n) is 2.00. The molecule has 3 aromatic rings. The molecule has 0 saturated heterocycles. The molecule has 0 aliphatic rings. The number of thiazole rings is 1. The van der Waals surface area contributed by atoms with Crippen LogP contribution in [0.25, 0.3) is 5.78 Å². The maximum atomic E-state index is 12.1. The van der Waals surface area contributed by atoms with Crippen molar-refractivity contribution < 1.29 is 4.79 Å². The molecule has 0 aliphatic heterocycles. The second-order valence-electron chi connectivity index (χ2n) is 4.73. The van der Waals surface area contributed by atoms with Gasteiger partial charge in [-0.15, -0.1) is 16.4 Å². The SMILES string of the molecule is Cc1cc(C)n2nc(C(=O)NCc3scnc3C)nc2n1. The molecule has 0 unspecified atom stereocenters. The van der Waals surface area contributed by atoms with Crippen LogP contribution in [-0.4, -0.2) is 30.5 Å². The summed E-state index contributed by atoms with van der Waals surface area (Å²) in [7, 11) is 0. The first-order chi connectivity index (χ1) is 10.0. The highest BCUT2D eigenvalue weighted by Gasteiger charge is 2.15. The third kappa shape index (κ3) is 2.62. The minimum Gasteiger partial charge on any atom is -0.344 e. The normalized spacial score (nSPS) is 11.0. The first-order valence-corrected chi connectivity index (χ1v) is 7.31. The Balaban J connectivity index is 1.82. The van der Waals surface area contributed by atoms with Crippen LogP contribution in [0.4, 0.5) is 0 Å². The van der Waals surface area contributed by atoms with Crippen molar-refractivity contribution >= 4 is 23.0 Å². The van der Waals surface area contributed by atoms with Crippen molar-refractivity contribution in [3.63, 3.8) is 0 Å². The molecule has 1 amide bonds. The smallest absolute Gasteiger partial charge is 0.291 e. The number of carbonyl (C=O) groups is 1. The molecule has 0 radical (unpaired) electrons. The number of carbonyl (C=O) groups excluding carboxylic acids is 1. The van der Waals surface area contributed by atoms with E-state index in [0.29, 0.717) is 12.3 Å². The standard InChI is InChI=1S/C13H14N6OS/c1-7-4-8(2)19-13(16-7)17-11(18-19)12(20)14-5-10-9(3)15-6-21-10/h4,6H,5H2,1-3H3,(H,14,20). The molecule has 7 nitrogen and oxygen atoms in total. The summed E-state index contributed by atoms with van der Waals surface area (Å²) in [4.78, 5) is 25.7. The second kappa shape index (κ2) is 5.21. The van der Waals surface area contributed by atoms with E-state index in [1.54, 1.807) is 10.0 Å². The molecule has 3 heterocycles. The summed E-state index contributed by atoms with van der Waals surface area (Å²) in [6.07, 6.45) is 0. The van der Waals surface area contributed by atoms with E-state index < -0.39 is 0 Å². The molecule has 0 saturated carbocycles. The molecule has 8 heteroatoms. The van der Waals surface area contributed by atoms with E-state index >= 15 is 0 Å². The van der Waals surface area contributed by atoms with Crippen LogP contribution in [0.3, 0.4) is 0 Å². The van der Waals surface area contributed by atoms with Crippen molar-refractivity contribution in [1.29, 1.82) is 0 Å². The van der Waals surface area contributed by atoms with Gasteiger partial charge in [0.25, 0.3) is 11.7 Å². The molecule has 0 aliphatic carbocycles. The number of nitrogens with zero attached hydrogens (tertiary/aromatic N) is 5. The van der Waals surface area contributed by atoms with E-state index in [9.17, 15) is 4.79 Å². The number of rotatable bonds is 3. The number of hydrogen-bond acceptors (Lipinski definition) is 6. The van der Waals surface area contributed by atoms with Crippen molar-refractivity contribution in [3.05, 3.63) is 39.4 Å². The Morgan fingerprint density at radius 3 is 2.86 bits per heavy atom.